The average molecular weight is 190 g/mol. The molecular formula is C12H14O2. The normalized spacial score (nSPS) is 19.4. The van der Waals surface area contributed by atoms with E-state index >= 15 is 0 Å². The Morgan fingerprint density at radius 1 is 1.50 bits per heavy atom. The number of rotatable bonds is 3. The van der Waals surface area contributed by atoms with E-state index in [0.717, 1.165) is 24.2 Å². The summed E-state index contributed by atoms with van der Waals surface area (Å²) in [6, 6.07) is 3.76. The van der Waals surface area contributed by atoms with Crippen LogP contribution in [0.4, 0.5) is 0 Å². The van der Waals surface area contributed by atoms with Gasteiger partial charge in [0.1, 0.15) is 11.5 Å². The first-order valence-electron chi connectivity index (χ1n) is 4.88. The molecule has 14 heavy (non-hydrogen) atoms. The predicted octanol–water partition coefficient (Wildman–Crippen LogP) is 3.05. The molecule has 0 amide bonds. The number of hydrogen-bond acceptors (Lipinski definition) is 2. The quantitative estimate of drug-likeness (QED) is 0.733. The van der Waals surface area contributed by atoms with E-state index < -0.39 is 0 Å². The molecule has 0 radical (unpaired) electrons. The summed E-state index contributed by atoms with van der Waals surface area (Å²) < 4.78 is 5.22. The van der Waals surface area contributed by atoms with E-state index in [1.807, 2.05) is 25.1 Å². The van der Waals surface area contributed by atoms with Crippen molar-refractivity contribution in [3.63, 3.8) is 0 Å². The lowest BCUT2D eigenvalue weighted by Gasteiger charge is -2.10. The maximum absolute atomic E-state index is 11.4. The first-order chi connectivity index (χ1) is 6.65. The van der Waals surface area contributed by atoms with E-state index in [0.29, 0.717) is 0 Å². The summed E-state index contributed by atoms with van der Waals surface area (Å²) in [7, 11) is 0. The Hall–Kier alpha value is -1.31. The molecule has 2 nitrogen and oxygen atoms in total. The standard InChI is InChI=1S/C12H14O2/c1-9(8-11-4-3-7-14-11)12(5-6-12)10(2)13/h3-4,7-8H,5-6H2,1-2H3/b9-8+. The van der Waals surface area contributed by atoms with Gasteiger partial charge in [0, 0.05) is 5.41 Å². The molecule has 0 atom stereocenters. The van der Waals surface area contributed by atoms with Crippen molar-refractivity contribution in [3.05, 3.63) is 29.7 Å². The summed E-state index contributed by atoms with van der Waals surface area (Å²) in [5.74, 6) is 1.10. The van der Waals surface area contributed by atoms with Crippen molar-refractivity contribution >= 4 is 11.9 Å². The zero-order valence-corrected chi connectivity index (χ0v) is 8.54. The molecule has 1 aromatic rings. The van der Waals surface area contributed by atoms with Crippen molar-refractivity contribution in [2.45, 2.75) is 26.7 Å². The largest absolute Gasteiger partial charge is 0.465 e. The first-order valence-corrected chi connectivity index (χ1v) is 4.88. The fraction of sp³-hybridized carbons (Fsp3) is 0.417. The third-order valence-electron chi connectivity index (χ3n) is 3.08. The van der Waals surface area contributed by atoms with Crippen molar-refractivity contribution in [1.29, 1.82) is 0 Å². The number of allylic oxidation sites excluding steroid dienone is 1. The molecule has 2 rings (SSSR count). The van der Waals surface area contributed by atoms with Crippen LogP contribution in [0, 0.1) is 5.41 Å². The van der Waals surface area contributed by atoms with Crippen LogP contribution in [-0.4, -0.2) is 5.78 Å². The summed E-state index contributed by atoms with van der Waals surface area (Å²) in [5.41, 5.74) is 0.965. The second-order valence-electron chi connectivity index (χ2n) is 3.98. The van der Waals surface area contributed by atoms with Crippen LogP contribution in [0.3, 0.4) is 0 Å². The molecule has 1 aliphatic rings. The fourth-order valence-electron chi connectivity index (χ4n) is 1.87. The number of hydrogen-bond donors (Lipinski definition) is 0. The molecule has 0 unspecified atom stereocenters. The molecule has 0 aromatic carbocycles. The first kappa shape index (κ1) is 9.25. The molecule has 0 N–H and O–H groups in total. The number of carbonyl (C=O) groups is 1. The molecule has 0 aliphatic heterocycles. The minimum atomic E-state index is -0.160. The Morgan fingerprint density at radius 2 is 2.21 bits per heavy atom. The van der Waals surface area contributed by atoms with E-state index in [4.69, 9.17) is 4.42 Å². The molecule has 1 heterocycles. The zero-order valence-electron chi connectivity index (χ0n) is 8.54. The fourth-order valence-corrected chi connectivity index (χ4v) is 1.87. The third-order valence-corrected chi connectivity index (χ3v) is 3.08. The summed E-state index contributed by atoms with van der Waals surface area (Å²) in [6.07, 6.45) is 5.59. The lowest BCUT2D eigenvalue weighted by Crippen LogP contribution is -2.12. The minimum Gasteiger partial charge on any atom is -0.465 e. The predicted molar refractivity (Wildman–Crippen MR) is 54.7 cm³/mol. The summed E-state index contributed by atoms with van der Waals surface area (Å²) in [6.45, 7) is 3.68. The SMILES string of the molecule is CC(=O)C1(/C(C)=C/c2ccco2)CC1. The molecular weight excluding hydrogens is 176 g/mol. The second-order valence-corrected chi connectivity index (χ2v) is 3.98. The van der Waals surface area contributed by atoms with Crippen LogP contribution >= 0.6 is 0 Å². The zero-order chi connectivity index (χ0) is 10.2. The van der Waals surface area contributed by atoms with Crippen LogP contribution in [-0.2, 0) is 4.79 Å². The molecule has 0 bridgehead atoms. The number of carbonyl (C=O) groups excluding carboxylic acids is 1. The van der Waals surface area contributed by atoms with E-state index in [-0.39, 0.29) is 11.2 Å². The van der Waals surface area contributed by atoms with Crippen molar-refractivity contribution in [1.82, 2.24) is 0 Å². The van der Waals surface area contributed by atoms with Crippen LogP contribution in [0.5, 0.6) is 0 Å². The summed E-state index contributed by atoms with van der Waals surface area (Å²) >= 11 is 0. The van der Waals surface area contributed by atoms with Gasteiger partial charge in [0.25, 0.3) is 0 Å². The Labute approximate surface area is 83.6 Å². The van der Waals surface area contributed by atoms with Crippen LogP contribution in [0.25, 0.3) is 6.08 Å². The monoisotopic (exact) mass is 190 g/mol. The van der Waals surface area contributed by atoms with E-state index in [2.05, 4.69) is 0 Å². The van der Waals surface area contributed by atoms with Gasteiger partial charge in [-0.25, -0.2) is 0 Å². The van der Waals surface area contributed by atoms with Gasteiger partial charge in [-0.3, -0.25) is 4.79 Å². The molecule has 2 heteroatoms. The molecule has 74 valence electrons. The Bertz CT molecular complexity index is 367. The van der Waals surface area contributed by atoms with Gasteiger partial charge in [0.2, 0.25) is 0 Å². The Morgan fingerprint density at radius 3 is 2.64 bits per heavy atom. The van der Waals surface area contributed by atoms with E-state index in [1.165, 1.54) is 0 Å². The van der Waals surface area contributed by atoms with Gasteiger partial charge in [0.15, 0.2) is 0 Å². The van der Waals surface area contributed by atoms with E-state index in [1.54, 1.807) is 13.2 Å². The van der Waals surface area contributed by atoms with Crippen LogP contribution in [0.15, 0.2) is 28.4 Å². The molecule has 1 saturated carbocycles. The number of Topliss-reactive ketones (excluding diaryl/α,β-unsaturated/α-hetero) is 1. The number of furan rings is 1. The minimum absolute atomic E-state index is 0.160. The van der Waals surface area contributed by atoms with Crippen molar-refractivity contribution in [3.8, 4) is 0 Å². The van der Waals surface area contributed by atoms with Gasteiger partial charge in [0.05, 0.1) is 6.26 Å². The highest BCUT2D eigenvalue weighted by molar-refractivity contribution is 5.89. The lowest BCUT2D eigenvalue weighted by molar-refractivity contribution is -0.120. The molecule has 1 aromatic heterocycles. The summed E-state index contributed by atoms with van der Waals surface area (Å²) in [4.78, 5) is 11.4. The van der Waals surface area contributed by atoms with Crippen molar-refractivity contribution < 1.29 is 9.21 Å². The van der Waals surface area contributed by atoms with Crippen molar-refractivity contribution in [2.24, 2.45) is 5.41 Å². The maximum atomic E-state index is 11.4. The van der Waals surface area contributed by atoms with Gasteiger partial charge in [-0.15, -0.1) is 0 Å². The highest BCUT2D eigenvalue weighted by Gasteiger charge is 2.48. The van der Waals surface area contributed by atoms with Gasteiger partial charge >= 0.3 is 0 Å². The maximum Gasteiger partial charge on any atom is 0.139 e. The second kappa shape index (κ2) is 3.12. The van der Waals surface area contributed by atoms with Gasteiger partial charge in [-0.2, -0.15) is 0 Å². The van der Waals surface area contributed by atoms with E-state index in [9.17, 15) is 4.79 Å². The molecule has 1 fully saturated rings. The highest BCUT2D eigenvalue weighted by atomic mass is 16.3. The van der Waals surface area contributed by atoms with Crippen molar-refractivity contribution in [2.75, 3.05) is 0 Å². The molecule has 0 spiro atoms. The Kier molecular flexibility index (Phi) is 2.06. The summed E-state index contributed by atoms with van der Waals surface area (Å²) in [5, 5.41) is 0. The van der Waals surface area contributed by atoms with Gasteiger partial charge in [-0.1, -0.05) is 5.57 Å². The highest BCUT2D eigenvalue weighted by Crippen LogP contribution is 2.52. The number of ketones is 1. The van der Waals surface area contributed by atoms with Crippen LogP contribution in [0.1, 0.15) is 32.4 Å². The molecule has 1 aliphatic carbocycles. The van der Waals surface area contributed by atoms with Crippen LogP contribution in [0.2, 0.25) is 0 Å². The van der Waals surface area contributed by atoms with Gasteiger partial charge in [-0.05, 0) is 44.9 Å². The van der Waals surface area contributed by atoms with Gasteiger partial charge < -0.3 is 4.42 Å². The molecule has 0 saturated heterocycles. The average Bonchev–Trinajstić information content (AvgIpc) is 2.81. The van der Waals surface area contributed by atoms with Crippen LogP contribution < -0.4 is 0 Å². The smallest absolute Gasteiger partial charge is 0.139 e. The Balaban J connectivity index is 2.24. The third kappa shape index (κ3) is 1.41. The topological polar surface area (TPSA) is 30.2 Å². The lowest BCUT2D eigenvalue weighted by atomic mass is 9.92.